The van der Waals surface area contributed by atoms with Crippen molar-refractivity contribution >= 4 is 46.3 Å². The summed E-state index contributed by atoms with van der Waals surface area (Å²) in [6.07, 6.45) is 1.66. The Labute approximate surface area is 187 Å². The summed E-state index contributed by atoms with van der Waals surface area (Å²) in [5.41, 5.74) is 1.84. The topological polar surface area (TPSA) is 56.2 Å². The van der Waals surface area contributed by atoms with E-state index in [0.717, 1.165) is 16.9 Å². The molecule has 152 valence electrons. The molecular formula is C22H17Cl2N3O2S. The lowest BCUT2D eigenvalue weighted by Gasteiger charge is -2.04. The van der Waals surface area contributed by atoms with Gasteiger partial charge in [0.1, 0.15) is 17.4 Å². The van der Waals surface area contributed by atoms with E-state index in [1.165, 1.54) is 11.3 Å². The summed E-state index contributed by atoms with van der Waals surface area (Å²) >= 11 is 13.8. The van der Waals surface area contributed by atoms with Crippen LogP contribution in [-0.2, 0) is 13.2 Å². The number of benzene rings is 2. The number of amides is 1. The molecule has 0 bridgehead atoms. The van der Waals surface area contributed by atoms with Gasteiger partial charge in [-0.25, -0.2) is 0 Å². The Morgan fingerprint density at radius 2 is 1.83 bits per heavy atom. The minimum absolute atomic E-state index is 0.268. The SMILES string of the molecule is O=C(Nc1nn(Cc2ccccc2Cl)cc1Cl)c1cc(COc2ccccc2)cs1. The second kappa shape index (κ2) is 9.34. The molecule has 0 spiro atoms. The number of carbonyl (C=O) groups is 1. The monoisotopic (exact) mass is 457 g/mol. The lowest BCUT2D eigenvalue weighted by atomic mass is 10.2. The second-order valence-corrected chi connectivity index (χ2v) is 8.22. The van der Waals surface area contributed by atoms with Gasteiger partial charge in [-0.1, -0.05) is 59.6 Å². The van der Waals surface area contributed by atoms with Gasteiger partial charge in [-0.2, -0.15) is 5.10 Å². The van der Waals surface area contributed by atoms with Crippen LogP contribution in [-0.4, -0.2) is 15.7 Å². The van der Waals surface area contributed by atoms with Gasteiger partial charge in [0.05, 0.1) is 11.4 Å². The van der Waals surface area contributed by atoms with Crippen molar-refractivity contribution < 1.29 is 9.53 Å². The fraction of sp³-hybridized carbons (Fsp3) is 0.0909. The molecule has 0 saturated heterocycles. The van der Waals surface area contributed by atoms with Crippen LogP contribution < -0.4 is 10.1 Å². The summed E-state index contributed by atoms with van der Waals surface area (Å²) in [5.74, 6) is 0.825. The van der Waals surface area contributed by atoms with E-state index < -0.39 is 0 Å². The van der Waals surface area contributed by atoms with Crippen LogP contribution in [0.3, 0.4) is 0 Å². The molecule has 0 radical (unpaired) electrons. The molecule has 2 aromatic carbocycles. The van der Waals surface area contributed by atoms with Gasteiger partial charge in [0.15, 0.2) is 5.82 Å². The number of nitrogens with zero attached hydrogens (tertiary/aromatic N) is 2. The number of halogens is 2. The second-order valence-electron chi connectivity index (χ2n) is 6.49. The van der Waals surface area contributed by atoms with Crippen molar-refractivity contribution in [1.29, 1.82) is 0 Å². The van der Waals surface area contributed by atoms with E-state index in [0.29, 0.717) is 33.9 Å². The van der Waals surface area contributed by atoms with Gasteiger partial charge in [0.25, 0.3) is 5.91 Å². The Hall–Kier alpha value is -2.80. The van der Waals surface area contributed by atoms with Crippen LogP contribution in [0.5, 0.6) is 5.75 Å². The Morgan fingerprint density at radius 3 is 2.63 bits per heavy atom. The number of rotatable bonds is 7. The number of ether oxygens (including phenoxy) is 1. The van der Waals surface area contributed by atoms with Gasteiger partial charge in [-0.3, -0.25) is 9.48 Å². The number of carbonyl (C=O) groups excluding carboxylic acids is 1. The quantitative estimate of drug-likeness (QED) is 0.363. The fourth-order valence-electron chi connectivity index (χ4n) is 2.79. The van der Waals surface area contributed by atoms with Gasteiger partial charge in [-0.15, -0.1) is 11.3 Å². The molecule has 30 heavy (non-hydrogen) atoms. The van der Waals surface area contributed by atoms with E-state index in [1.807, 2.05) is 60.0 Å². The number of nitrogens with one attached hydrogen (secondary N) is 1. The molecule has 8 heteroatoms. The van der Waals surface area contributed by atoms with E-state index in [2.05, 4.69) is 10.4 Å². The van der Waals surface area contributed by atoms with Crippen LogP contribution >= 0.6 is 34.5 Å². The molecular weight excluding hydrogens is 441 g/mol. The normalized spacial score (nSPS) is 10.7. The molecule has 0 saturated carbocycles. The molecule has 0 unspecified atom stereocenters. The third kappa shape index (κ3) is 5.02. The van der Waals surface area contributed by atoms with Crippen molar-refractivity contribution in [1.82, 2.24) is 9.78 Å². The highest BCUT2D eigenvalue weighted by Crippen LogP contribution is 2.24. The first-order valence-corrected chi connectivity index (χ1v) is 10.7. The molecule has 0 atom stereocenters. The Balaban J connectivity index is 1.39. The van der Waals surface area contributed by atoms with Crippen molar-refractivity contribution in [3.8, 4) is 5.75 Å². The van der Waals surface area contributed by atoms with Crippen LogP contribution in [0.25, 0.3) is 0 Å². The van der Waals surface area contributed by atoms with E-state index in [-0.39, 0.29) is 5.91 Å². The highest BCUT2D eigenvalue weighted by Gasteiger charge is 2.15. The minimum Gasteiger partial charge on any atom is -0.489 e. The molecule has 1 N–H and O–H groups in total. The predicted octanol–water partition coefficient (Wildman–Crippen LogP) is 6.13. The Kier molecular flexibility index (Phi) is 6.38. The Bertz CT molecular complexity index is 1160. The lowest BCUT2D eigenvalue weighted by Crippen LogP contribution is -2.11. The summed E-state index contributed by atoms with van der Waals surface area (Å²) in [7, 11) is 0. The zero-order chi connectivity index (χ0) is 20.9. The maximum Gasteiger partial charge on any atom is 0.266 e. The van der Waals surface area contributed by atoms with Crippen LogP contribution in [0.1, 0.15) is 20.8 Å². The first-order valence-electron chi connectivity index (χ1n) is 9.11. The van der Waals surface area contributed by atoms with Crippen molar-refractivity contribution in [2.75, 3.05) is 5.32 Å². The average molecular weight is 458 g/mol. The highest BCUT2D eigenvalue weighted by molar-refractivity contribution is 7.12. The molecule has 0 aliphatic heterocycles. The number of thiophene rings is 1. The summed E-state index contributed by atoms with van der Waals surface area (Å²) in [6.45, 7) is 0.844. The molecule has 0 fully saturated rings. The van der Waals surface area contributed by atoms with Crippen LogP contribution in [0.15, 0.2) is 72.2 Å². The van der Waals surface area contributed by atoms with Gasteiger partial charge in [0.2, 0.25) is 0 Å². The molecule has 2 aromatic heterocycles. The standard InChI is InChI=1S/C22H17Cl2N3O2S/c23-18-9-5-4-6-16(18)11-27-12-19(24)21(26-27)25-22(28)20-10-15(14-30-20)13-29-17-7-2-1-3-8-17/h1-10,12,14H,11,13H2,(H,25,26,28). The van der Waals surface area contributed by atoms with Gasteiger partial charge in [-0.05, 0) is 35.2 Å². The van der Waals surface area contributed by atoms with Gasteiger partial charge >= 0.3 is 0 Å². The highest BCUT2D eigenvalue weighted by atomic mass is 35.5. The molecule has 1 amide bonds. The number of anilines is 1. The third-order valence-corrected chi connectivity index (χ3v) is 5.89. The van der Waals surface area contributed by atoms with Crippen LogP contribution in [0, 0.1) is 0 Å². The minimum atomic E-state index is -0.268. The van der Waals surface area contributed by atoms with Gasteiger partial charge < -0.3 is 10.1 Å². The molecule has 4 rings (SSSR count). The number of aromatic nitrogens is 2. The first-order chi connectivity index (χ1) is 14.6. The maximum atomic E-state index is 12.6. The fourth-order valence-corrected chi connectivity index (χ4v) is 3.97. The number of para-hydroxylation sites is 1. The predicted molar refractivity (Wildman–Crippen MR) is 121 cm³/mol. The number of hydrogen-bond donors (Lipinski definition) is 1. The van der Waals surface area contributed by atoms with Crippen molar-refractivity contribution in [3.05, 3.63) is 98.3 Å². The maximum absolute atomic E-state index is 12.6. The zero-order valence-corrected chi connectivity index (χ0v) is 18.0. The Morgan fingerprint density at radius 1 is 1.07 bits per heavy atom. The van der Waals surface area contributed by atoms with Crippen molar-refractivity contribution in [2.45, 2.75) is 13.2 Å². The van der Waals surface area contributed by atoms with E-state index in [1.54, 1.807) is 16.9 Å². The molecule has 4 aromatic rings. The smallest absolute Gasteiger partial charge is 0.266 e. The zero-order valence-electron chi connectivity index (χ0n) is 15.7. The van der Waals surface area contributed by atoms with Crippen molar-refractivity contribution in [3.63, 3.8) is 0 Å². The van der Waals surface area contributed by atoms with Crippen LogP contribution in [0.4, 0.5) is 5.82 Å². The summed E-state index contributed by atoms with van der Waals surface area (Å²) < 4.78 is 7.37. The largest absolute Gasteiger partial charge is 0.489 e. The van der Waals surface area contributed by atoms with Crippen molar-refractivity contribution in [2.24, 2.45) is 0 Å². The molecule has 2 heterocycles. The molecule has 0 aliphatic carbocycles. The summed E-state index contributed by atoms with van der Waals surface area (Å²) in [4.78, 5) is 13.2. The molecule has 0 aliphatic rings. The van der Waals surface area contributed by atoms with E-state index in [9.17, 15) is 4.79 Å². The first kappa shape index (κ1) is 20.5. The van der Waals surface area contributed by atoms with Gasteiger partial charge in [0, 0.05) is 16.8 Å². The summed E-state index contributed by atoms with van der Waals surface area (Å²) in [5, 5.41) is 10.0. The lowest BCUT2D eigenvalue weighted by molar-refractivity contribution is 0.103. The van der Waals surface area contributed by atoms with E-state index >= 15 is 0 Å². The summed E-state index contributed by atoms with van der Waals surface area (Å²) in [6, 6.07) is 18.9. The average Bonchev–Trinajstić information content (AvgIpc) is 3.36. The van der Waals surface area contributed by atoms with Crippen LogP contribution in [0.2, 0.25) is 10.0 Å². The third-order valence-electron chi connectivity index (χ3n) is 4.27. The molecule has 5 nitrogen and oxygen atoms in total. The van der Waals surface area contributed by atoms with E-state index in [4.69, 9.17) is 27.9 Å². The number of hydrogen-bond acceptors (Lipinski definition) is 4.